The van der Waals surface area contributed by atoms with Crippen LogP contribution in [0.2, 0.25) is 0 Å². The van der Waals surface area contributed by atoms with E-state index in [1.54, 1.807) is 0 Å². The van der Waals surface area contributed by atoms with Gasteiger partial charge >= 0.3 is 0 Å². The number of rotatable bonds is 4. The minimum Gasteiger partial charge on any atom is -0.355 e. The van der Waals surface area contributed by atoms with E-state index in [4.69, 9.17) is 5.73 Å². The predicted octanol–water partition coefficient (Wildman–Crippen LogP) is 2.14. The predicted molar refractivity (Wildman–Crippen MR) is 73.0 cm³/mol. The van der Waals surface area contributed by atoms with Crippen LogP contribution in [0, 0.1) is 17.0 Å². The van der Waals surface area contributed by atoms with Crippen molar-refractivity contribution in [3.05, 3.63) is 35.4 Å². The van der Waals surface area contributed by atoms with Gasteiger partial charge in [-0.05, 0) is 43.9 Å². The molecule has 5 heteroatoms. The molecule has 2 rings (SSSR count). The van der Waals surface area contributed by atoms with Crippen molar-refractivity contribution in [2.75, 3.05) is 6.54 Å². The van der Waals surface area contributed by atoms with E-state index in [2.05, 4.69) is 5.32 Å². The van der Waals surface area contributed by atoms with E-state index >= 15 is 0 Å². The second-order valence-electron chi connectivity index (χ2n) is 5.70. The Balaban J connectivity index is 1.88. The van der Waals surface area contributed by atoms with Crippen molar-refractivity contribution in [2.24, 2.45) is 11.1 Å². The molecule has 1 aliphatic rings. The molecule has 0 spiro atoms. The van der Waals surface area contributed by atoms with Gasteiger partial charge < -0.3 is 11.1 Å². The smallest absolute Gasteiger partial charge is 0.227 e. The molecule has 0 radical (unpaired) electrons. The molecule has 0 bridgehead atoms. The molecule has 1 amide bonds. The number of halogens is 2. The van der Waals surface area contributed by atoms with E-state index in [9.17, 15) is 13.6 Å². The van der Waals surface area contributed by atoms with Gasteiger partial charge in [-0.1, -0.05) is 6.42 Å². The lowest BCUT2D eigenvalue weighted by Crippen LogP contribution is -2.47. The molecule has 1 saturated carbocycles. The Morgan fingerprint density at radius 3 is 2.60 bits per heavy atom. The normalized spacial score (nSPS) is 25.7. The molecule has 3 N–H and O–H groups in total. The Morgan fingerprint density at radius 1 is 1.40 bits per heavy atom. The quantitative estimate of drug-likeness (QED) is 0.889. The molecule has 1 aromatic carbocycles. The number of carbonyl (C=O) groups is 1. The lowest BCUT2D eigenvalue weighted by atomic mass is 9.84. The number of benzene rings is 1. The molecule has 2 atom stereocenters. The van der Waals surface area contributed by atoms with Crippen LogP contribution in [-0.4, -0.2) is 18.5 Å². The van der Waals surface area contributed by atoms with Gasteiger partial charge in [0.15, 0.2) is 0 Å². The van der Waals surface area contributed by atoms with Crippen LogP contribution in [0.5, 0.6) is 0 Å². The van der Waals surface area contributed by atoms with Crippen LogP contribution in [0.1, 0.15) is 31.7 Å². The fourth-order valence-corrected chi connectivity index (χ4v) is 2.75. The molecule has 1 fully saturated rings. The summed E-state index contributed by atoms with van der Waals surface area (Å²) >= 11 is 0. The number of nitrogens with one attached hydrogen (secondary N) is 1. The van der Waals surface area contributed by atoms with E-state index < -0.39 is 17.0 Å². The standard InChI is InChI=1S/C15H20F2N2O/c1-15(5-2-3-13(15)18)14(20)19-6-4-10-7-11(16)9-12(17)8-10/h7-9,13H,2-6,18H2,1H3,(H,19,20). The third-order valence-electron chi connectivity index (χ3n) is 4.17. The molecule has 110 valence electrons. The molecular weight excluding hydrogens is 262 g/mol. The topological polar surface area (TPSA) is 55.1 Å². The van der Waals surface area contributed by atoms with Crippen molar-refractivity contribution in [3.63, 3.8) is 0 Å². The van der Waals surface area contributed by atoms with Gasteiger partial charge in [-0.25, -0.2) is 8.78 Å². The zero-order valence-electron chi connectivity index (χ0n) is 11.6. The Morgan fingerprint density at radius 2 is 2.05 bits per heavy atom. The Kier molecular flexibility index (Phi) is 4.38. The highest BCUT2D eigenvalue weighted by Crippen LogP contribution is 2.36. The van der Waals surface area contributed by atoms with Crippen molar-refractivity contribution < 1.29 is 13.6 Å². The van der Waals surface area contributed by atoms with Crippen LogP contribution < -0.4 is 11.1 Å². The second-order valence-corrected chi connectivity index (χ2v) is 5.70. The summed E-state index contributed by atoms with van der Waals surface area (Å²) in [6, 6.07) is 3.27. The molecule has 1 aliphatic carbocycles. The van der Waals surface area contributed by atoms with E-state index in [1.807, 2.05) is 6.92 Å². The maximum atomic E-state index is 13.0. The number of carbonyl (C=O) groups excluding carboxylic acids is 1. The maximum Gasteiger partial charge on any atom is 0.227 e. The summed E-state index contributed by atoms with van der Waals surface area (Å²) in [5.41, 5.74) is 5.99. The van der Waals surface area contributed by atoms with Crippen LogP contribution in [0.25, 0.3) is 0 Å². The zero-order valence-corrected chi connectivity index (χ0v) is 11.6. The van der Waals surface area contributed by atoms with E-state index in [-0.39, 0.29) is 11.9 Å². The Bertz CT molecular complexity index is 486. The first-order valence-electron chi connectivity index (χ1n) is 6.91. The highest BCUT2D eigenvalue weighted by Gasteiger charge is 2.42. The first-order chi connectivity index (χ1) is 9.41. The summed E-state index contributed by atoms with van der Waals surface area (Å²) in [6.45, 7) is 2.23. The fourth-order valence-electron chi connectivity index (χ4n) is 2.75. The minimum absolute atomic E-state index is 0.0700. The molecular formula is C15H20F2N2O. The van der Waals surface area contributed by atoms with Crippen LogP contribution in [0.4, 0.5) is 8.78 Å². The van der Waals surface area contributed by atoms with Crippen molar-refractivity contribution in [1.82, 2.24) is 5.32 Å². The van der Waals surface area contributed by atoms with Crippen LogP contribution >= 0.6 is 0 Å². The molecule has 0 saturated heterocycles. The van der Waals surface area contributed by atoms with Crippen molar-refractivity contribution in [2.45, 2.75) is 38.6 Å². The molecule has 0 aromatic heterocycles. The van der Waals surface area contributed by atoms with Crippen LogP contribution in [0.3, 0.4) is 0 Å². The minimum atomic E-state index is -0.601. The molecule has 0 aliphatic heterocycles. The highest BCUT2D eigenvalue weighted by molar-refractivity contribution is 5.83. The third-order valence-corrected chi connectivity index (χ3v) is 4.17. The van der Waals surface area contributed by atoms with Crippen LogP contribution in [0.15, 0.2) is 18.2 Å². The summed E-state index contributed by atoms with van der Waals surface area (Å²) in [6.07, 6.45) is 3.00. The highest BCUT2D eigenvalue weighted by atomic mass is 19.1. The Labute approximate surface area is 117 Å². The molecule has 3 nitrogen and oxygen atoms in total. The van der Waals surface area contributed by atoms with E-state index in [1.165, 1.54) is 12.1 Å². The monoisotopic (exact) mass is 282 g/mol. The summed E-state index contributed by atoms with van der Waals surface area (Å²) in [5, 5.41) is 2.82. The summed E-state index contributed by atoms with van der Waals surface area (Å²) in [5.74, 6) is -1.27. The summed E-state index contributed by atoms with van der Waals surface area (Å²) in [4.78, 5) is 12.2. The number of amides is 1. The average Bonchev–Trinajstić information content (AvgIpc) is 2.69. The van der Waals surface area contributed by atoms with Gasteiger partial charge in [-0.3, -0.25) is 4.79 Å². The zero-order chi connectivity index (χ0) is 14.8. The van der Waals surface area contributed by atoms with Gasteiger partial charge in [0.2, 0.25) is 5.91 Å². The van der Waals surface area contributed by atoms with Gasteiger partial charge in [-0.15, -0.1) is 0 Å². The van der Waals surface area contributed by atoms with Crippen LogP contribution in [-0.2, 0) is 11.2 Å². The maximum absolute atomic E-state index is 13.0. The van der Waals surface area contributed by atoms with Gasteiger partial charge in [0.1, 0.15) is 11.6 Å². The first-order valence-corrected chi connectivity index (χ1v) is 6.91. The van der Waals surface area contributed by atoms with Gasteiger partial charge in [-0.2, -0.15) is 0 Å². The lowest BCUT2D eigenvalue weighted by Gasteiger charge is -2.27. The SMILES string of the molecule is CC1(C(=O)NCCc2cc(F)cc(F)c2)CCCC1N. The summed E-state index contributed by atoms with van der Waals surface area (Å²) < 4.78 is 26.1. The lowest BCUT2D eigenvalue weighted by molar-refractivity contribution is -0.130. The number of hydrogen-bond acceptors (Lipinski definition) is 2. The number of nitrogens with two attached hydrogens (primary N) is 1. The third kappa shape index (κ3) is 3.15. The molecule has 20 heavy (non-hydrogen) atoms. The molecule has 1 aromatic rings. The van der Waals surface area contributed by atoms with E-state index in [0.717, 1.165) is 25.3 Å². The second kappa shape index (κ2) is 5.87. The summed E-state index contributed by atoms with van der Waals surface area (Å²) in [7, 11) is 0. The van der Waals surface area contributed by atoms with Crippen molar-refractivity contribution in [1.29, 1.82) is 0 Å². The van der Waals surface area contributed by atoms with Gasteiger partial charge in [0.25, 0.3) is 0 Å². The molecule has 0 heterocycles. The number of hydrogen-bond donors (Lipinski definition) is 2. The van der Waals surface area contributed by atoms with Crippen molar-refractivity contribution in [3.8, 4) is 0 Å². The largest absolute Gasteiger partial charge is 0.355 e. The molecule has 2 unspecified atom stereocenters. The van der Waals surface area contributed by atoms with Gasteiger partial charge in [0, 0.05) is 18.7 Å². The fraction of sp³-hybridized carbons (Fsp3) is 0.533. The van der Waals surface area contributed by atoms with Gasteiger partial charge in [0.05, 0.1) is 5.41 Å². The first kappa shape index (κ1) is 14.9. The van der Waals surface area contributed by atoms with Crippen molar-refractivity contribution >= 4 is 5.91 Å². The Hall–Kier alpha value is -1.49. The van der Waals surface area contributed by atoms with E-state index in [0.29, 0.717) is 18.5 Å². The average molecular weight is 282 g/mol.